The minimum atomic E-state index is -0.0281. The van der Waals surface area contributed by atoms with Crippen LogP contribution in [0.3, 0.4) is 0 Å². The number of nitrogens with zero attached hydrogens (tertiary/aromatic N) is 2. The van der Waals surface area contributed by atoms with Crippen molar-refractivity contribution in [2.75, 3.05) is 20.2 Å². The van der Waals surface area contributed by atoms with E-state index < -0.39 is 0 Å². The fraction of sp³-hybridized carbons (Fsp3) is 0.800. The van der Waals surface area contributed by atoms with Crippen LogP contribution < -0.4 is 10.6 Å². The van der Waals surface area contributed by atoms with Gasteiger partial charge in [0.25, 0.3) is 0 Å². The third-order valence-electron chi connectivity index (χ3n) is 4.95. The zero-order chi connectivity index (χ0) is 19.0. The van der Waals surface area contributed by atoms with Crippen LogP contribution >= 0.6 is 24.0 Å². The molecule has 1 aromatic heterocycles. The maximum atomic E-state index is 5.98. The van der Waals surface area contributed by atoms with E-state index in [1.54, 1.807) is 7.05 Å². The van der Waals surface area contributed by atoms with Crippen LogP contribution in [-0.2, 0) is 16.7 Å². The van der Waals surface area contributed by atoms with Crippen molar-refractivity contribution in [1.29, 1.82) is 0 Å². The normalized spacial score (nSPS) is 16.9. The number of hydrogen-bond acceptors (Lipinski definition) is 4. The first-order valence-corrected chi connectivity index (χ1v) is 9.95. The molecule has 156 valence electrons. The van der Waals surface area contributed by atoms with E-state index >= 15 is 0 Å². The highest BCUT2D eigenvalue weighted by atomic mass is 127. The molecule has 1 atom stereocenters. The van der Waals surface area contributed by atoms with Gasteiger partial charge in [-0.1, -0.05) is 33.6 Å². The van der Waals surface area contributed by atoms with E-state index in [2.05, 4.69) is 48.3 Å². The summed E-state index contributed by atoms with van der Waals surface area (Å²) in [5, 5.41) is 6.65. The molecule has 2 N–H and O–H groups in total. The predicted molar refractivity (Wildman–Crippen MR) is 121 cm³/mol. The minimum Gasteiger partial charge on any atom is -0.443 e. The molecule has 0 spiro atoms. The first-order valence-electron chi connectivity index (χ1n) is 9.95. The second-order valence-electron chi connectivity index (χ2n) is 8.05. The molecule has 0 aromatic carbocycles. The molecular formula is C20H37IN4O2. The fourth-order valence-corrected chi connectivity index (χ4v) is 3.45. The molecule has 6 nitrogen and oxygen atoms in total. The van der Waals surface area contributed by atoms with Gasteiger partial charge in [-0.15, -0.1) is 24.0 Å². The largest absolute Gasteiger partial charge is 0.443 e. The fourth-order valence-electron chi connectivity index (χ4n) is 3.45. The van der Waals surface area contributed by atoms with Crippen LogP contribution in [0.5, 0.6) is 0 Å². The summed E-state index contributed by atoms with van der Waals surface area (Å²) in [5.41, 5.74) is -0.0281. The Morgan fingerprint density at radius 2 is 2.04 bits per heavy atom. The molecule has 1 aliphatic carbocycles. The van der Waals surface area contributed by atoms with Gasteiger partial charge in [-0.2, -0.15) is 0 Å². The van der Waals surface area contributed by atoms with Crippen molar-refractivity contribution in [2.45, 2.75) is 77.9 Å². The lowest BCUT2D eigenvalue weighted by molar-refractivity contribution is 0.0169. The Hall–Kier alpha value is -0.830. The van der Waals surface area contributed by atoms with E-state index in [0.29, 0.717) is 18.5 Å². The van der Waals surface area contributed by atoms with Crippen molar-refractivity contribution < 1.29 is 9.15 Å². The van der Waals surface area contributed by atoms with Crippen molar-refractivity contribution >= 4 is 29.9 Å². The zero-order valence-electron chi connectivity index (χ0n) is 17.5. The van der Waals surface area contributed by atoms with Crippen molar-refractivity contribution in [1.82, 2.24) is 15.6 Å². The van der Waals surface area contributed by atoms with Gasteiger partial charge in [-0.05, 0) is 32.1 Å². The van der Waals surface area contributed by atoms with Gasteiger partial charge in [0, 0.05) is 25.6 Å². The van der Waals surface area contributed by atoms with Gasteiger partial charge in [0.1, 0.15) is 5.76 Å². The van der Waals surface area contributed by atoms with Crippen LogP contribution in [0.2, 0.25) is 0 Å². The van der Waals surface area contributed by atoms with Gasteiger partial charge in [-0.3, -0.25) is 4.99 Å². The number of halogens is 1. The summed E-state index contributed by atoms with van der Waals surface area (Å²) in [6.45, 7) is 10.6. The molecule has 1 heterocycles. The number of rotatable bonds is 8. The van der Waals surface area contributed by atoms with Crippen LogP contribution in [0, 0.1) is 5.92 Å². The van der Waals surface area contributed by atoms with Gasteiger partial charge in [0.15, 0.2) is 5.96 Å². The smallest absolute Gasteiger partial charge is 0.213 e. The molecule has 2 rings (SSSR count). The molecule has 1 aliphatic rings. The molecule has 27 heavy (non-hydrogen) atoms. The molecule has 7 heteroatoms. The number of hydrogen-bond donors (Lipinski definition) is 2. The van der Waals surface area contributed by atoms with E-state index in [1.807, 2.05) is 6.20 Å². The molecule has 0 bridgehead atoms. The number of oxazole rings is 1. The maximum Gasteiger partial charge on any atom is 0.213 e. The Bertz CT molecular complexity index is 563. The summed E-state index contributed by atoms with van der Waals surface area (Å²) in [5.74, 6) is 3.06. The summed E-state index contributed by atoms with van der Waals surface area (Å²) in [6, 6.07) is 0. The van der Waals surface area contributed by atoms with Crippen LogP contribution in [0.25, 0.3) is 0 Å². The lowest BCUT2D eigenvalue weighted by Crippen LogP contribution is -2.39. The van der Waals surface area contributed by atoms with E-state index in [9.17, 15) is 0 Å². The summed E-state index contributed by atoms with van der Waals surface area (Å²) in [7, 11) is 1.78. The second-order valence-corrected chi connectivity index (χ2v) is 8.05. The van der Waals surface area contributed by atoms with Crippen LogP contribution in [-0.4, -0.2) is 37.2 Å². The molecule has 1 aromatic rings. The molecule has 1 unspecified atom stereocenters. The Labute approximate surface area is 181 Å². The van der Waals surface area contributed by atoms with Crippen LogP contribution in [0.1, 0.15) is 71.5 Å². The third kappa shape index (κ3) is 7.97. The highest BCUT2D eigenvalue weighted by Crippen LogP contribution is 2.30. The predicted octanol–water partition coefficient (Wildman–Crippen LogP) is 4.24. The average molecular weight is 492 g/mol. The molecular weight excluding hydrogens is 455 g/mol. The lowest BCUT2D eigenvalue weighted by Gasteiger charge is -2.23. The van der Waals surface area contributed by atoms with Crippen molar-refractivity contribution in [3.05, 3.63) is 17.8 Å². The first-order chi connectivity index (χ1) is 12.4. The Morgan fingerprint density at radius 1 is 1.33 bits per heavy atom. The quantitative estimate of drug-likeness (QED) is 0.323. The highest BCUT2D eigenvalue weighted by molar-refractivity contribution is 14.0. The third-order valence-corrected chi connectivity index (χ3v) is 4.95. The Balaban J connectivity index is 0.00000364. The molecule has 0 aliphatic heterocycles. The monoisotopic (exact) mass is 492 g/mol. The van der Waals surface area contributed by atoms with E-state index in [0.717, 1.165) is 37.2 Å². The standard InChI is InChI=1S/C20H36N4O2.HI/c1-6-25-16(15-9-7-8-10-15)11-12-22-19(21-5)24-14-18-23-13-17(26-18)20(2,3)4;/h13,15-16H,6-12,14H2,1-5H3,(H2,21,22,24);1H. The topological polar surface area (TPSA) is 71.7 Å². The highest BCUT2D eigenvalue weighted by Gasteiger charge is 2.25. The SMILES string of the molecule is CCOC(CCNC(=NC)NCc1ncc(C(C)(C)C)o1)C1CCCC1.I. The lowest BCUT2D eigenvalue weighted by atomic mass is 9.94. The number of aliphatic imine (C=N–C) groups is 1. The van der Waals surface area contributed by atoms with E-state index in [1.165, 1.54) is 25.7 Å². The van der Waals surface area contributed by atoms with Gasteiger partial charge < -0.3 is 19.8 Å². The molecule has 1 saturated carbocycles. The van der Waals surface area contributed by atoms with Gasteiger partial charge in [0.2, 0.25) is 5.89 Å². The zero-order valence-corrected chi connectivity index (χ0v) is 19.8. The van der Waals surface area contributed by atoms with Crippen molar-refractivity contribution in [3.8, 4) is 0 Å². The Morgan fingerprint density at radius 3 is 2.59 bits per heavy atom. The maximum absolute atomic E-state index is 5.98. The second kappa shape index (κ2) is 11.9. The van der Waals surface area contributed by atoms with Gasteiger partial charge in [0.05, 0.1) is 18.8 Å². The molecule has 0 saturated heterocycles. The van der Waals surface area contributed by atoms with E-state index in [4.69, 9.17) is 9.15 Å². The number of ether oxygens (including phenoxy) is 1. The average Bonchev–Trinajstić information content (AvgIpc) is 3.28. The molecule has 0 radical (unpaired) electrons. The van der Waals surface area contributed by atoms with Crippen LogP contribution in [0.4, 0.5) is 0 Å². The molecule has 0 amide bonds. The number of guanidine groups is 1. The molecule has 1 fully saturated rings. The summed E-state index contributed by atoms with van der Waals surface area (Å²) in [6.07, 6.45) is 8.47. The Kier molecular flexibility index (Phi) is 10.7. The van der Waals surface area contributed by atoms with E-state index in [-0.39, 0.29) is 29.4 Å². The summed E-state index contributed by atoms with van der Waals surface area (Å²) < 4.78 is 11.8. The first kappa shape index (κ1) is 24.2. The van der Waals surface area contributed by atoms with Gasteiger partial charge in [-0.25, -0.2) is 4.98 Å². The van der Waals surface area contributed by atoms with Crippen LogP contribution in [0.15, 0.2) is 15.6 Å². The number of aromatic nitrogens is 1. The van der Waals surface area contributed by atoms with Crippen molar-refractivity contribution in [2.24, 2.45) is 10.9 Å². The summed E-state index contributed by atoms with van der Waals surface area (Å²) >= 11 is 0. The number of nitrogens with one attached hydrogen (secondary N) is 2. The summed E-state index contributed by atoms with van der Waals surface area (Å²) in [4.78, 5) is 8.63. The van der Waals surface area contributed by atoms with Gasteiger partial charge >= 0.3 is 0 Å². The minimum absolute atomic E-state index is 0. The van der Waals surface area contributed by atoms with Crippen molar-refractivity contribution in [3.63, 3.8) is 0 Å².